The molecule has 0 unspecified atom stereocenters. The molecule has 0 radical (unpaired) electrons. The number of fused-ring (bicyclic) bond motifs is 3. The molecule has 20 heavy (non-hydrogen) atoms. The number of hydrogen-bond acceptors (Lipinski definition) is 3. The zero-order valence-corrected chi connectivity index (χ0v) is 12.2. The molecule has 1 aromatic carbocycles. The maximum absolute atomic E-state index is 5.71. The van der Waals surface area contributed by atoms with E-state index in [2.05, 4.69) is 16.7 Å². The van der Waals surface area contributed by atoms with E-state index in [1.807, 2.05) is 36.5 Å². The summed E-state index contributed by atoms with van der Waals surface area (Å²) in [6.07, 6.45) is 5.83. The van der Waals surface area contributed by atoms with Crippen molar-refractivity contribution in [1.82, 2.24) is 9.38 Å². The predicted molar refractivity (Wildman–Crippen MR) is 81.7 cm³/mol. The van der Waals surface area contributed by atoms with Crippen LogP contribution in [0, 0.1) is 0 Å². The van der Waals surface area contributed by atoms with Gasteiger partial charge in [-0.15, -0.1) is 11.3 Å². The number of hydrogen-bond donors (Lipinski definition) is 0. The molecule has 0 fully saturated rings. The number of imidazole rings is 1. The van der Waals surface area contributed by atoms with E-state index in [1.165, 1.54) is 29.8 Å². The maximum Gasteiger partial charge on any atom is 0.194 e. The normalized spacial score (nSPS) is 13.8. The van der Waals surface area contributed by atoms with Crippen LogP contribution in [0.2, 0.25) is 0 Å². The van der Waals surface area contributed by atoms with E-state index < -0.39 is 0 Å². The summed E-state index contributed by atoms with van der Waals surface area (Å²) in [5, 5.41) is 0. The second kappa shape index (κ2) is 4.63. The average Bonchev–Trinajstić information content (AvgIpc) is 3.11. The zero-order valence-electron chi connectivity index (χ0n) is 11.4. The molecule has 4 rings (SSSR count). The van der Waals surface area contributed by atoms with Crippen molar-refractivity contribution in [2.24, 2.45) is 0 Å². The molecule has 3 nitrogen and oxygen atoms in total. The molecule has 0 atom stereocenters. The Morgan fingerprint density at radius 2 is 2.20 bits per heavy atom. The minimum atomic E-state index is 0.675. The number of thiazole rings is 1. The minimum Gasteiger partial charge on any atom is -0.493 e. The molecular formula is C16H16N2OS. The smallest absolute Gasteiger partial charge is 0.194 e. The maximum atomic E-state index is 5.71. The van der Waals surface area contributed by atoms with Crippen LogP contribution >= 0.6 is 11.3 Å². The Morgan fingerprint density at radius 1 is 1.30 bits per heavy atom. The average molecular weight is 284 g/mol. The van der Waals surface area contributed by atoms with Crippen molar-refractivity contribution in [3.63, 3.8) is 0 Å². The van der Waals surface area contributed by atoms with E-state index in [-0.39, 0.29) is 0 Å². The lowest BCUT2D eigenvalue weighted by Gasteiger charge is -2.07. The highest BCUT2D eigenvalue weighted by atomic mass is 32.1. The van der Waals surface area contributed by atoms with E-state index in [9.17, 15) is 0 Å². The van der Waals surface area contributed by atoms with Crippen molar-refractivity contribution in [3.8, 4) is 17.0 Å². The molecule has 0 amide bonds. The van der Waals surface area contributed by atoms with Gasteiger partial charge in [-0.3, -0.25) is 4.40 Å². The molecule has 1 aliphatic rings. The van der Waals surface area contributed by atoms with Gasteiger partial charge in [0.05, 0.1) is 12.3 Å². The molecule has 4 heteroatoms. The monoisotopic (exact) mass is 284 g/mol. The first-order valence-corrected chi connectivity index (χ1v) is 7.90. The van der Waals surface area contributed by atoms with Gasteiger partial charge in [0.15, 0.2) is 4.96 Å². The number of para-hydroxylation sites is 1. The van der Waals surface area contributed by atoms with Crippen LogP contribution in [0.25, 0.3) is 16.2 Å². The Morgan fingerprint density at radius 3 is 3.10 bits per heavy atom. The zero-order chi connectivity index (χ0) is 13.5. The Balaban J connectivity index is 1.84. The molecule has 0 spiro atoms. The third kappa shape index (κ3) is 1.75. The van der Waals surface area contributed by atoms with Crippen molar-refractivity contribution in [3.05, 3.63) is 41.0 Å². The van der Waals surface area contributed by atoms with E-state index in [0.29, 0.717) is 6.61 Å². The van der Waals surface area contributed by atoms with Crippen LogP contribution in [-0.2, 0) is 12.8 Å². The largest absolute Gasteiger partial charge is 0.493 e. The Kier molecular flexibility index (Phi) is 2.77. The molecule has 102 valence electrons. The van der Waals surface area contributed by atoms with Crippen molar-refractivity contribution in [2.45, 2.75) is 26.2 Å². The fourth-order valence-corrected chi connectivity index (χ4v) is 4.08. The molecule has 0 aliphatic heterocycles. The summed E-state index contributed by atoms with van der Waals surface area (Å²) in [7, 11) is 0. The minimum absolute atomic E-state index is 0.675. The van der Waals surface area contributed by atoms with Gasteiger partial charge in [-0.1, -0.05) is 12.1 Å². The van der Waals surface area contributed by atoms with Crippen LogP contribution in [0.15, 0.2) is 30.5 Å². The summed E-state index contributed by atoms with van der Waals surface area (Å²) >= 11 is 1.83. The van der Waals surface area contributed by atoms with E-state index in [4.69, 9.17) is 9.72 Å². The fourth-order valence-electron chi connectivity index (χ4n) is 2.89. The fraction of sp³-hybridized carbons (Fsp3) is 0.312. The number of rotatable bonds is 3. The number of aryl methyl sites for hydroxylation is 2. The molecule has 1 aliphatic carbocycles. The van der Waals surface area contributed by atoms with Gasteiger partial charge in [-0.25, -0.2) is 4.98 Å². The molecule has 2 heterocycles. The highest BCUT2D eigenvalue weighted by molar-refractivity contribution is 7.17. The van der Waals surface area contributed by atoms with Crippen LogP contribution in [0.5, 0.6) is 5.75 Å². The van der Waals surface area contributed by atoms with Crippen LogP contribution in [0.3, 0.4) is 0 Å². The van der Waals surface area contributed by atoms with E-state index in [1.54, 1.807) is 0 Å². The van der Waals surface area contributed by atoms with Gasteiger partial charge in [0, 0.05) is 22.3 Å². The highest BCUT2D eigenvalue weighted by Crippen LogP contribution is 2.35. The number of ether oxygens (including phenoxy) is 1. The molecule has 0 saturated heterocycles. The van der Waals surface area contributed by atoms with Gasteiger partial charge < -0.3 is 4.74 Å². The Labute approximate surface area is 121 Å². The van der Waals surface area contributed by atoms with Crippen LogP contribution < -0.4 is 4.74 Å². The second-order valence-corrected chi connectivity index (χ2v) is 6.10. The first-order valence-electron chi connectivity index (χ1n) is 7.08. The van der Waals surface area contributed by atoms with E-state index in [0.717, 1.165) is 22.0 Å². The second-order valence-electron chi connectivity index (χ2n) is 5.03. The number of aromatic nitrogens is 2. The molecule has 0 bridgehead atoms. The quantitative estimate of drug-likeness (QED) is 0.728. The third-order valence-electron chi connectivity index (χ3n) is 3.78. The molecule has 0 saturated carbocycles. The first kappa shape index (κ1) is 12.0. The molecule has 0 N–H and O–H groups in total. The van der Waals surface area contributed by atoms with Crippen molar-refractivity contribution in [2.75, 3.05) is 6.61 Å². The lowest BCUT2D eigenvalue weighted by Crippen LogP contribution is -1.93. The predicted octanol–water partition coefficient (Wildman–Crippen LogP) is 3.95. The molecule has 2 aromatic heterocycles. The van der Waals surface area contributed by atoms with E-state index >= 15 is 0 Å². The first-order chi connectivity index (χ1) is 9.86. The van der Waals surface area contributed by atoms with Crippen molar-refractivity contribution < 1.29 is 4.74 Å². The Bertz CT molecular complexity index is 772. The van der Waals surface area contributed by atoms with Crippen molar-refractivity contribution >= 4 is 16.3 Å². The lowest BCUT2D eigenvalue weighted by atomic mass is 10.1. The highest BCUT2D eigenvalue weighted by Gasteiger charge is 2.20. The summed E-state index contributed by atoms with van der Waals surface area (Å²) in [5.41, 5.74) is 3.55. The van der Waals surface area contributed by atoms with Gasteiger partial charge in [-0.2, -0.15) is 0 Å². The molecular weight excluding hydrogens is 268 g/mol. The van der Waals surface area contributed by atoms with Crippen LogP contribution in [0.4, 0.5) is 0 Å². The molecule has 3 aromatic rings. The van der Waals surface area contributed by atoms with Gasteiger partial charge in [0.25, 0.3) is 0 Å². The Hall–Kier alpha value is -1.81. The standard InChI is InChI=1S/C16H16N2OS/c1-2-19-14-8-4-3-6-11(14)12-10-18-13-7-5-9-15(13)20-16(18)17-12/h3-4,6,8,10H,2,5,7,9H2,1H3. The topological polar surface area (TPSA) is 26.5 Å². The van der Waals surface area contributed by atoms with Gasteiger partial charge in [0.1, 0.15) is 5.75 Å². The SMILES string of the molecule is CCOc1ccccc1-c1cn2c3c(sc2n1)CCC3. The summed E-state index contributed by atoms with van der Waals surface area (Å²) in [4.78, 5) is 7.41. The third-order valence-corrected chi connectivity index (χ3v) is 4.94. The number of nitrogens with zero attached hydrogens (tertiary/aromatic N) is 2. The van der Waals surface area contributed by atoms with Crippen LogP contribution in [-0.4, -0.2) is 16.0 Å². The lowest BCUT2D eigenvalue weighted by molar-refractivity contribution is 0.341. The summed E-state index contributed by atoms with van der Waals surface area (Å²) < 4.78 is 7.98. The number of benzene rings is 1. The van der Waals surface area contributed by atoms with Crippen molar-refractivity contribution in [1.29, 1.82) is 0 Å². The summed E-state index contributed by atoms with van der Waals surface area (Å²) in [6.45, 7) is 2.68. The summed E-state index contributed by atoms with van der Waals surface area (Å²) in [5.74, 6) is 0.914. The van der Waals surface area contributed by atoms with Gasteiger partial charge in [-0.05, 0) is 38.3 Å². The van der Waals surface area contributed by atoms with Gasteiger partial charge >= 0.3 is 0 Å². The summed E-state index contributed by atoms with van der Waals surface area (Å²) in [6, 6.07) is 8.13. The van der Waals surface area contributed by atoms with Gasteiger partial charge in [0.2, 0.25) is 0 Å². The van der Waals surface area contributed by atoms with Crippen LogP contribution in [0.1, 0.15) is 23.9 Å².